The summed E-state index contributed by atoms with van der Waals surface area (Å²) >= 11 is 0. The standard InChI is InChI=1S/C17H16N2O2/c1-12-6-8-16(9-7-12)21-13(2)17(20)19-15-5-3-4-14(10-15)11-18/h3-10,13H,1-2H3,(H,19,20)/t13-/m0/s1. The third-order valence-corrected chi connectivity index (χ3v) is 2.96. The Morgan fingerprint density at radius 1 is 1.24 bits per heavy atom. The number of rotatable bonds is 4. The van der Waals surface area contributed by atoms with Crippen molar-refractivity contribution in [2.75, 3.05) is 5.32 Å². The fraction of sp³-hybridized carbons (Fsp3) is 0.176. The van der Waals surface area contributed by atoms with Crippen LogP contribution < -0.4 is 10.1 Å². The van der Waals surface area contributed by atoms with Crippen molar-refractivity contribution in [3.8, 4) is 11.8 Å². The van der Waals surface area contributed by atoms with Gasteiger partial charge < -0.3 is 10.1 Å². The number of aryl methyl sites for hydroxylation is 1. The van der Waals surface area contributed by atoms with E-state index in [1.807, 2.05) is 37.3 Å². The van der Waals surface area contributed by atoms with E-state index in [9.17, 15) is 4.79 Å². The second-order valence-electron chi connectivity index (χ2n) is 4.75. The first-order valence-electron chi connectivity index (χ1n) is 6.63. The second-order valence-corrected chi connectivity index (χ2v) is 4.75. The van der Waals surface area contributed by atoms with E-state index < -0.39 is 6.10 Å². The van der Waals surface area contributed by atoms with Crippen molar-refractivity contribution in [1.82, 2.24) is 0 Å². The lowest BCUT2D eigenvalue weighted by Gasteiger charge is -2.15. The third-order valence-electron chi connectivity index (χ3n) is 2.96. The molecule has 0 aliphatic rings. The molecular formula is C17H16N2O2. The molecule has 1 amide bonds. The van der Waals surface area contributed by atoms with Crippen molar-refractivity contribution in [2.45, 2.75) is 20.0 Å². The van der Waals surface area contributed by atoms with Gasteiger partial charge in [0.1, 0.15) is 5.75 Å². The second kappa shape index (κ2) is 6.58. The quantitative estimate of drug-likeness (QED) is 0.935. The van der Waals surface area contributed by atoms with Crippen molar-refractivity contribution in [3.05, 3.63) is 59.7 Å². The van der Waals surface area contributed by atoms with E-state index >= 15 is 0 Å². The third kappa shape index (κ3) is 4.08. The smallest absolute Gasteiger partial charge is 0.265 e. The van der Waals surface area contributed by atoms with E-state index in [1.54, 1.807) is 31.2 Å². The predicted molar refractivity (Wildman–Crippen MR) is 81.1 cm³/mol. The first-order valence-corrected chi connectivity index (χ1v) is 6.63. The van der Waals surface area contributed by atoms with Crippen LogP contribution in [0.25, 0.3) is 0 Å². The minimum atomic E-state index is -0.626. The van der Waals surface area contributed by atoms with Gasteiger partial charge in [0.25, 0.3) is 5.91 Å². The van der Waals surface area contributed by atoms with Crippen molar-refractivity contribution in [1.29, 1.82) is 5.26 Å². The highest BCUT2D eigenvalue weighted by atomic mass is 16.5. The molecule has 0 unspecified atom stereocenters. The molecule has 0 aliphatic heterocycles. The van der Waals surface area contributed by atoms with Gasteiger partial charge in [-0.2, -0.15) is 5.26 Å². The Morgan fingerprint density at radius 2 is 1.95 bits per heavy atom. The molecule has 0 heterocycles. The number of nitrogens with zero attached hydrogens (tertiary/aromatic N) is 1. The molecule has 0 aromatic heterocycles. The lowest BCUT2D eigenvalue weighted by atomic mass is 10.2. The first-order chi connectivity index (χ1) is 10.1. The van der Waals surface area contributed by atoms with Crippen LogP contribution in [-0.2, 0) is 4.79 Å². The minimum Gasteiger partial charge on any atom is -0.481 e. The monoisotopic (exact) mass is 280 g/mol. The number of hydrogen-bond acceptors (Lipinski definition) is 3. The molecule has 1 atom stereocenters. The highest BCUT2D eigenvalue weighted by Gasteiger charge is 2.14. The SMILES string of the molecule is Cc1ccc(O[C@@H](C)C(=O)Nc2cccc(C#N)c2)cc1. The Morgan fingerprint density at radius 3 is 2.62 bits per heavy atom. The van der Waals surface area contributed by atoms with Gasteiger partial charge in [-0.1, -0.05) is 23.8 Å². The van der Waals surface area contributed by atoms with Gasteiger partial charge in [-0.15, -0.1) is 0 Å². The molecule has 0 bridgehead atoms. The van der Waals surface area contributed by atoms with Gasteiger partial charge in [0.2, 0.25) is 0 Å². The van der Waals surface area contributed by atoms with Crippen molar-refractivity contribution < 1.29 is 9.53 Å². The average Bonchev–Trinajstić information content (AvgIpc) is 2.49. The fourth-order valence-corrected chi connectivity index (χ4v) is 1.78. The lowest BCUT2D eigenvalue weighted by molar-refractivity contribution is -0.122. The van der Waals surface area contributed by atoms with Gasteiger partial charge in [0, 0.05) is 5.69 Å². The van der Waals surface area contributed by atoms with Crippen LogP contribution in [0.3, 0.4) is 0 Å². The maximum Gasteiger partial charge on any atom is 0.265 e. The van der Waals surface area contributed by atoms with Crippen LogP contribution in [0.5, 0.6) is 5.75 Å². The van der Waals surface area contributed by atoms with Crippen LogP contribution in [0.2, 0.25) is 0 Å². The lowest BCUT2D eigenvalue weighted by Crippen LogP contribution is -2.30. The minimum absolute atomic E-state index is 0.259. The van der Waals surface area contributed by atoms with E-state index in [1.165, 1.54) is 0 Å². The number of carbonyl (C=O) groups excluding carboxylic acids is 1. The summed E-state index contributed by atoms with van der Waals surface area (Å²) in [6.07, 6.45) is -0.626. The Balaban J connectivity index is 1.99. The molecule has 4 heteroatoms. The maximum atomic E-state index is 12.1. The number of benzene rings is 2. The summed E-state index contributed by atoms with van der Waals surface area (Å²) < 4.78 is 5.58. The predicted octanol–water partition coefficient (Wildman–Crippen LogP) is 3.27. The zero-order chi connectivity index (χ0) is 15.2. The Hall–Kier alpha value is -2.80. The van der Waals surface area contributed by atoms with Crippen molar-refractivity contribution in [2.24, 2.45) is 0 Å². The van der Waals surface area contributed by atoms with Crippen LogP contribution >= 0.6 is 0 Å². The Labute approximate surface area is 124 Å². The normalized spacial score (nSPS) is 11.3. The molecule has 2 rings (SSSR count). The summed E-state index contributed by atoms with van der Waals surface area (Å²) in [7, 11) is 0. The topological polar surface area (TPSA) is 62.1 Å². The number of nitrogens with one attached hydrogen (secondary N) is 1. The zero-order valence-electron chi connectivity index (χ0n) is 12.0. The highest BCUT2D eigenvalue weighted by Crippen LogP contribution is 2.15. The van der Waals surface area contributed by atoms with E-state index in [0.29, 0.717) is 17.0 Å². The van der Waals surface area contributed by atoms with Crippen molar-refractivity contribution >= 4 is 11.6 Å². The summed E-state index contributed by atoms with van der Waals surface area (Å²) in [6.45, 7) is 3.67. The number of carbonyl (C=O) groups is 1. The molecule has 0 fully saturated rings. The molecule has 0 radical (unpaired) electrons. The van der Waals surface area contributed by atoms with Gasteiger partial charge >= 0.3 is 0 Å². The van der Waals surface area contributed by atoms with Gasteiger partial charge in [0.05, 0.1) is 11.6 Å². The van der Waals surface area contributed by atoms with Crippen LogP contribution in [0, 0.1) is 18.3 Å². The van der Waals surface area contributed by atoms with Crippen LogP contribution in [-0.4, -0.2) is 12.0 Å². The van der Waals surface area contributed by atoms with Gasteiger partial charge in [-0.25, -0.2) is 0 Å². The number of hydrogen-bond donors (Lipinski definition) is 1. The van der Waals surface area contributed by atoms with Crippen molar-refractivity contribution in [3.63, 3.8) is 0 Å². The summed E-state index contributed by atoms with van der Waals surface area (Å²) in [5.41, 5.74) is 2.21. The largest absolute Gasteiger partial charge is 0.481 e. The molecule has 2 aromatic carbocycles. The van der Waals surface area contributed by atoms with Gasteiger partial charge in [0.15, 0.2) is 6.10 Å². The Kier molecular flexibility index (Phi) is 4.57. The van der Waals surface area contributed by atoms with E-state index in [2.05, 4.69) is 5.32 Å². The Bertz CT molecular complexity index is 672. The van der Waals surface area contributed by atoms with Gasteiger partial charge in [-0.3, -0.25) is 4.79 Å². The maximum absolute atomic E-state index is 12.1. The summed E-state index contributed by atoms with van der Waals surface area (Å²) in [5, 5.41) is 11.6. The molecule has 2 aromatic rings. The molecule has 21 heavy (non-hydrogen) atoms. The number of ether oxygens (including phenoxy) is 1. The molecule has 0 spiro atoms. The number of nitriles is 1. The van der Waals surface area contributed by atoms with E-state index in [0.717, 1.165) is 5.56 Å². The molecule has 4 nitrogen and oxygen atoms in total. The van der Waals surface area contributed by atoms with Crippen LogP contribution in [0.1, 0.15) is 18.1 Å². The zero-order valence-corrected chi connectivity index (χ0v) is 12.0. The number of anilines is 1. The molecule has 106 valence electrons. The highest BCUT2D eigenvalue weighted by molar-refractivity contribution is 5.94. The van der Waals surface area contributed by atoms with Gasteiger partial charge in [-0.05, 0) is 44.2 Å². The summed E-state index contributed by atoms with van der Waals surface area (Å²) in [5.74, 6) is 0.389. The van der Waals surface area contributed by atoms with Crippen LogP contribution in [0.15, 0.2) is 48.5 Å². The average molecular weight is 280 g/mol. The number of amides is 1. The molecular weight excluding hydrogens is 264 g/mol. The molecule has 0 saturated carbocycles. The van der Waals surface area contributed by atoms with E-state index in [-0.39, 0.29) is 5.91 Å². The summed E-state index contributed by atoms with van der Waals surface area (Å²) in [4.78, 5) is 12.1. The summed E-state index contributed by atoms with van der Waals surface area (Å²) in [6, 6.07) is 16.3. The fourth-order valence-electron chi connectivity index (χ4n) is 1.78. The molecule has 0 saturated heterocycles. The molecule has 1 N–H and O–H groups in total. The van der Waals surface area contributed by atoms with E-state index in [4.69, 9.17) is 10.00 Å². The first kappa shape index (κ1) is 14.6. The van der Waals surface area contributed by atoms with Crippen LogP contribution in [0.4, 0.5) is 5.69 Å². The molecule has 0 aliphatic carbocycles.